The molecular formula is C45H35F9N12O12Se. The van der Waals surface area contributed by atoms with Crippen molar-refractivity contribution in [3.05, 3.63) is 155 Å². The summed E-state index contributed by atoms with van der Waals surface area (Å²) in [6.45, 7) is 7.39. The molecule has 0 aliphatic carbocycles. The van der Waals surface area contributed by atoms with Crippen molar-refractivity contribution in [2.24, 2.45) is 0 Å². The van der Waals surface area contributed by atoms with Gasteiger partial charge in [-0.25, -0.2) is 23.8 Å². The molecule has 0 saturated heterocycles. The molecule has 0 radical (unpaired) electrons. The van der Waals surface area contributed by atoms with Crippen LogP contribution in [0, 0.1) is 58.0 Å². The normalized spacial score (nSPS) is 11.1. The molecule has 0 unspecified atom stereocenters. The number of nitrogen functional groups attached to an aromatic ring is 1. The molecule has 0 bridgehead atoms. The van der Waals surface area contributed by atoms with Gasteiger partial charge in [-0.05, 0) is 75.6 Å². The number of aryl methyl sites for hydroxylation is 4. The number of carbonyl (C=O) groups excluding carboxylic acids is 2. The Morgan fingerprint density at radius 3 is 1.34 bits per heavy atom. The number of hydrogen-bond acceptors (Lipinski definition) is 17. The Bertz CT molecular complexity index is 3700. The average molecular weight is 1190 g/mol. The van der Waals surface area contributed by atoms with Gasteiger partial charge in [-0.15, -0.1) is 0 Å². The number of nitrogens with one attached hydrogen (secondary N) is 1. The number of Topliss-reactive ketones (excluding diaryl/α,β-unsaturated/α-hetero) is 2. The number of nitrogens with zero attached hydrogens (tertiary/aromatic N) is 10. The molecule has 0 amide bonds. The number of aromatic nitrogens is 8. The Balaban J connectivity index is 0.000000234. The second-order valence-corrected chi connectivity index (χ2v) is 16.3. The zero-order valence-corrected chi connectivity index (χ0v) is 42.3. The third-order valence-electron chi connectivity index (χ3n) is 10.2. The standard InChI is InChI=1S/C15H9F3N4O4.C15H11F3N4O2.C10H10N4O2.C5H5F3O2.O2Se/c1-7-4-8(22(25)26)2-3-9(7)10-6-13-19-11(14(23)24)5-12(15(16,17)18)21(13)20-10;1-8-5-10(22(23)24)3-4-11(8)12-7-14-19-9(2)6-13(15(16,17)18)21(14)20-12;1-6-4-7(14(15)16)2-3-8(6)9-5-10(11)13-12-9;1-3(9)2-4(10)5(6,7)8;1-3-2/h2-6H,1H3,(H,23,24);3-7H,1-2H3;2-5H,1H3,(H3,11,12,13);2H2,1H3;. The van der Waals surface area contributed by atoms with E-state index in [1.165, 1.54) is 67.6 Å². The number of nitrogens with two attached hydrogens (primary N) is 1. The van der Waals surface area contributed by atoms with E-state index in [4.69, 9.17) is 18.5 Å². The molecule has 8 aromatic rings. The molecule has 3 aromatic carbocycles. The number of hydrogen-bond donors (Lipinski definition) is 3. The van der Waals surface area contributed by atoms with Crippen LogP contribution in [-0.2, 0) is 29.6 Å². The first-order valence-electron chi connectivity index (χ1n) is 21.3. The summed E-state index contributed by atoms with van der Waals surface area (Å²) in [7, 11) is 0. The summed E-state index contributed by atoms with van der Waals surface area (Å²) < 4.78 is 131. The van der Waals surface area contributed by atoms with Crippen LogP contribution in [0.5, 0.6) is 0 Å². The van der Waals surface area contributed by atoms with Crippen LogP contribution in [0.25, 0.3) is 45.1 Å². The number of benzene rings is 3. The molecule has 79 heavy (non-hydrogen) atoms. The van der Waals surface area contributed by atoms with Crippen molar-refractivity contribution >= 4 is 66.5 Å². The monoisotopic (exact) mass is 1190 g/mol. The van der Waals surface area contributed by atoms with Crippen LogP contribution in [0.2, 0.25) is 0 Å². The van der Waals surface area contributed by atoms with E-state index < -0.39 is 89.2 Å². The molecule has 416 valence electrons. The molecule has 0 fully saturated rings. The number of nitro benzene ring substituents is 3. The molecule has 5 aromatic heterocycles. The summed E-state index contributed by atoms with van der Waals surface area (Å²) >= 11 is -1.62. The third kappa shape index (κ3) is 16.2. The van der Waals surface area contributed by atoms with Gasteiger partial charge in [0.05, 0.1) is 38.3 Å². The Kier molecular flexibility index (Phi) is 19.6. The van der Waals surface area contributed by atoms with Crippen molar-refractivity contribution in [2.45, 2.75) is 59.6 Å². The van der Waals surface area contributed by atoms with Crippen molar-refractivity contribution in [2.75, 3.05) is 5.73 Å². The summed E-state index contributed by atoms with van der Waals surface area (Å²) in [6.07, 6.45) is -15.3. The molecule has 34 heteroatoms. The molecular weight excluding hydrogens is 1150 g/mol. The van der Waals surface area contributed by atoms with Crippen molar-refractivity contribution in [1.29, 1.82) is 0 Å². The Hall–Kier alpha value is -9.59. The number of fused-ring (bicyclic) bond motifs is 2. The van der Waals surface area contributed by atoms with Crippen LogP contribution in [0.15, 0.2) is 84.9 Å². The first kappa shape index (κ1) is 62.0. The number of aromatic amines is 1. The van der Waals surface area contributed by atoms with E-state index in [1.807, 2.05) is 0 Å². The fourth-order valence-electron chi connectivity index (χ4n) is 6.81. The van der Waals surface area contributed by atoms with E-state index in [9.17, 15) is 84.2 Å². The molecule has 4 N–H and O–H groups in total. The van der Waals surface area contributed by atoms with Gasteiger partial charge >= 0.3 is 47.0 Å². The van der Waals surface area contributed by atoms with Crippen molar-refractivity contribution in [1.82, 2.24) is 39.4 Å². The third-order valence-corrected chi connectivity index (χ3v) is 10.2. The Morgan fingerprint density at radius 1 is 0.633 bits per heavy atom. The Labute approximate surface area is 440 Å². The van der Waals surface area contributed by atoms with Crippen LogP contribution in [-0.4, -0.2) is 97.8 Å². The van der Waals surface area contributed by atoms with Crippen LogP contribution in [0.3, 0.4) is 0 Å². The Morgan fingerprint density at radius 2 is 1.03 bits per heavy atom. The number of carboxylic acid groups (broad SMARTS) is 1. The predicted molar refractivity (Wildman–Crippen MR) is 255 cm³/mol. The topological polar surface area (TPSA) is 350 Å². The van der Waals surface area contributed by atoms with E-state index in [0.717, 1.165) is 34.3 Å². The molecule has 0 atom stereocenters. The summed E-state index contributed by atoms with van der Waals surface area (Å²) in [5, 5.41) is 55.5. The first-order chi connectivity index (χ1) is 36.6. The van der Waals surface area contributed by atoms with Gasteiger partial charge in [0.2, 0.25) is 5.78 Å². The van der Waals surface area contributed by atoms with Gasteiger partial charge in [0.15, 0.2) is 22.7 Å². The van der Waals surface area contributed by atoms with Crippen LogP contribution in [0.1, 0.15) is 57.6 Å². The van der Waals surface area contributed by atoms with Crippen LogP contribution in [0.4, 0.5) is 62.4 Å². The molecule has 8 rings (SSSR count). The van der Waals surface area contributed by atoms with E-state index in [1.54, 1.807) is 32.9 Å². The van der Waals surface area contributed by atoms with Crippen LogP contribution < -0.4 is 5.73 Å². The zero-order chi connectivity index (χ0) is 59.6. The van der Waals surface area contributed by atoms with Gasteiger partial charge in [-0.3, -0.25) is 45.0 Å². The molecule has 24 nitrogen and oxygen atoms in total. The summed E-state index contributed by atoms with van der Waals surface area (Å²) in [4.78, 5) is 69.3. The molecule has 0 aliphatic rings. The number of ketones is 2. The fraction of sp³-hybridized carbons (Fsp3) is 0.200. The minimum atomic E-state index is -4.87. The quantitative estimate of drug-likeness (QED) is 0.0398. The number of H-pyrrole nitrogens is 1. The number of carbonyl (C=O) groups is 3. The number of nitro groups is 3. The van der Waals surface area contributed by atoms with Gasteiger partial charge in [0.1, 0.15) is 17.3 Å². The predicted octanol–water partition coefficient (Wildman–Crippen LogP) is 9.62. The number of rotatable bonds is 9. The van der Waals surface area contributed by atoms with Crippen molar-refractivity contribution in [3.63, 3.8) is 0 Å². The molecule has 0 saturated carbocycles. The van der Waals surface area contributed by atoms with E-state index in [-0.39, 0.29) is 45.4 Å². The maximum atomic E-state index is 13.2. The average Bonchev–Trinajstić information content (AvgIpc) is 4.13. The van der Waals surface area contributed by atoms with Gasteiger partial charge in [-0.1, -0.05) is 0 Å². The number of alkyl halides is 9. The van der Waals surface area contributed by atoms with Crippen molar-refractivity contribution < 1.29 is 81.4 Å². The van der Waals surface area contributed by atoms with Crippen molar-refractivity contribution in [3.8, 4) is 33.8 Å². The first-order valence-corrected chi connectivity index (χ1v) is 22.7. The van der Waals surface area contributed by atoms with Gasteiger partial charge in [-0.2, -0.15) is 54.8 Å². The second kappa shape index (κ2) is 25.0. The van der Waals surface area contributed by atoms with Gasteiger partial charge in [0, 0.05) is 83.0 Å². The van der Waals surface area contributed by atoms with Gasteiger partial charge < -0.3 is 10.8 Å². The van der Waals surface area contributed by atoms with E-state index in [2.05, 4.69) is 30.4 Å². The number of aromatic carboxylic acids is 1. The molecule has 0 spiro atoms. The molecule has 0 aliphatic heterocycles. The van der Waals surface area contributed by atoms with Gasteiger partial charge in [0.25, 0.3) is 17.1 Å². The summed E-state index contributed by atoms with van der Waals surface area (Å²) in [5.41, 5.74) is 6.93. The number of non-ortho nitro benzene ring substituents is 3. The summed E-state index contributed by atoms with van der Waals surface area (Å²) in [5.74, 6) is -3.97. The van der Waals surface area contributed by atoms with E-state index >= 15 is 0 Å². The molecule has 5 heterocycles. The van der Waals surface area contributed by atoms with Crippen LogP contribution >= 0.6 is 0 Å². The maximum absolute atomic E-state index is 13.2. The summed E-state index contributed by atoms with van der Waals surface area (Å²) in [6, 6.07) is 18.2. The fourth-order valence-corrected chi connectivity index (χ4v) is 6.81. The zero-order valence-electron chi connectivity index (χ0n) is 40.6. The number of halogens is 9. The number of carboxylic acids is 1. The second-order valence-electron chi connectivity index (χ2n) is 16.1. The number of anilines is 1. The minimum absolute atomic E-state index is 0.0649. The van der Waals surface area contributed by atoms with E-state index in [0.29, 0.717) is 38.7 Å². The SMILES string of the molecule is CC(=O)CC(=O)C(F)(F)F.Cc1cc(C(F)(F)F)n2nc(-c3ccc([N+](=O)[O-])cc3C)cc2n1.Cc1cc([N+](=O)[O-])ccc1-c1cc(N)n[nH]1.Cc1cc([N+](=O)[O-])ccc1-c1cc2nc(C(=O)O)cc(C(F)(F)F)n2n1.O=[Se]=O.